The number of amides is 4. The summed E-state index contributed by atoms with van der Waals surface area (Å²) in [5.41, 5.74) is -1.68. The van der Waals surface area contributed by atoms with Gasteiger partial charge in [0.15, 0.2) is 0 Å². The number of carbonyl (C=O) groups excluding carboxylic acids is 3. The van der Waals surface area contributed by atoms with Crippen LogP contribution in [0.5, 0.6) is 17.5 Å². The van der Waals surface area contributed by atoms with Gasteiger partial charge in [0.25, 0.3) is 5.91 Å². The predicted octanol–water partition coefficient (Wildman–Crippen LogP) is 3.07. The smallest absolute Gasteiger partial charge is 0.405 e. The van der Waals surface area contributed by atoms with E-state index >= 15 is 0 Å². The summed E-state index contributed by atoms with van der Waals surface area (Å²) in [7, 11) is -1.41. The Bertz CT molecular complexity index is 1920. The molecule has 3 heterocycles. The van der Waals surface area contributed by atoms with Crippen LogP contribution in [0, 0.1) is 17.8 Å². The van der Waals surface area contributed by atoms with Crippen LogP contribution >= 0.6 is 0 Å². The van der Waals surface area contributed by atoms with E-state index < -0.39 is 80.8 Å². The van der Waals surface area contributed by atoms with Crippen molar-refractivity contribution >= 4 is 44.6 Å². The number of fused-ring (bicyclic) bond motifs is 3. The number of ether oxygens (including phenoxy) is 3. The molecule has 2 aliphatic carbocycles. The van der Waals surface area contributed by atoms with E-state index in [-0.39, 0.29) is 49.9 Å². The standard InChI is InChI=1S/C36H46FN5O10S/c1-20-7-5-6-8-23-17-36(23,33(45)41-53(48,49)35(19-37)11-12-35)40-30(43)27-16-25(18-42(27)32(44)29(21(2)13-20)39-34(46)47)52-31-26-10-9-24(50-3)14-22(26)15-28(38-31)51-4/h6,8-10,14-15,20-21,23,25,27,29,39H,5,7,11-13,16-19H2,1-4H3,(H,40,43)(H,41,45)(H,46,47)/b8-6-/t20-,21+,23+,25+,27-,29-,36+/m0/s1. The monoisotopic (exact) mass is 759 g/mol. The number of rotatable bonds is 9. The number of pyridine rings is 1. The van der Waals surface area contributed by atoms with Crippen molar-refractivity contribution in [2.24, 2.45) is 17.8 Å². The highest BCUT2D eigenvalue weighted by molar-refractivity contribution is 7.91. The third-order valence-corrected chi connectivity index (χ3v) is 13.1. The van der Waals surface area contributed by atoms with E-state index in [4.69, 9.17) is 14.2 Å². The van der Waals surface area contributed by atoms with Crippen molar-refractivity contribution in [1.82, 2.24) is 25.2 Å². The van der Waals surface area contributed by atoms with Gasteiger partial charge in [-0.25, -0.2) is 17.6 Å². The summed E-state index contributed by atoms with van der Waals surface area (Å²) >= 11 is 0. The molecule has 2 aliphatic heterocycles. The first-order chi connectivity index (χ1) is 25.2. The Kier molecular flexibility index (Phi) is 10.5. The quantitative estimate of drug-likeness (QED) is 0.274. The van der Waals surface area contributed by atoms with E-state index in [0.717, 1.165) is 0 Å². The van der Waals surface area contributed by atoms with Gasteiger partial charge in [-0.15, -0.1) is 0 Å². The summed E-state index contributed by atoms with van der Waals surface area (Å²) in [6.45, 7) is 2.49. The number of carbonyl (C=O) groups is 4. The molecule has 4 N–H and O–H groups in total. The SMILES string of the molecule is COc1ccc2c(O[C@@H]3C[C@H]4C(=O)N[C@]5(C(=O)NS(=O)(=O)C6(CF)CC6)C[C@H]5/C=C\CC[C@H](C)C[C@@H](C)[C@H](NC(=O)O)C(=O)N4C3)nc(OC)cc2c1. The van der Waals surface area contributed by atoms with Gasteiger partial charge < -0.3 is 34.9 Å². The topological polar surface area (TPSA) is 203 Å². The largest absolute Gasteiger partial charge is 0.497 e. The molecule has 288 valence electrons. The number of hydrogen-bond donors (Lipinski definition) is 4. The molecule has 1 aromatic heterocycles. The average molecular weight is 760 g/mol. The molecule has 15 nitrogen and oxygen atoms in total. The van der Waals surface area contributed by atoms with Gasteiger partial charge in [-0.2, -0.15) is 4.98 Å². The van der Waals surface area contributed by atoms with Crippen LogP contribution in [0.25, 0.3) is 10.8 Å². The van der Waals surface area contributed by atoms with Crippen LogP contribution in [0.2, 0.25) is 0 Å². The lowest BCUT2D eigenvalue weighted by Gasteiger charge is -2.32. The van der Waals surface area contributed by atoms with Gasteiger partial charge in [-0.3, -0.25) is 19.1 Å². The minimum absolute atomic E-state index is 0.0693. The zero-order chi connectivity index (χ0) is 38.3. The van der Waals surface area contributed by atoms with Crippen LogP contribution in [-0.4, -0.2) is 103 Å². The second-order valence-electron chi connectivity index (χ2n) is 14.8. The zero-order valence-electron chi connectivity index (χ0n) is 30.1. The molecule has 53 heavy (non-hydrogen) atoms. The summed E-state index contributed by atoms with van der Waals surface area (Å²) in [5.74, 6) is -2.33. The van der Waals surface area contributed by atoms with Crippen LogP contribution in [0.15, 0.2) is 36.4 Å². The summed E-state index contributed by atoms with van der Waals surface area (Å²) in [6, 6.07) is 4.51. The van der Waals surface area contributed by atoms with Crippen LogP contribution in [0.1, 0.15) is 58.8 Å². The molecule has 7 atom stereocenters. The third kappa shape index (κ3) is 7.57. The number of allylic oxidation sites excluding steroid dienone is 1. The van der Waals surface area contributed by atoms with E-state index in [1.54, 1.807) is 37.3 Å². The van der Waals surface area contributed by atoms with E-state index in [0.29, 0.717) is 35.8 Å². The maximum Gasteiger partial charge on any atom is 0.405 e. The first-order valence-corrected chi connectivity index (χ1v) is 19.2. The highest BCUT2D eigenvalue weighted by atomic mass is 32.2. The fourth-order valence-electron chi connectivity index (χ4n) is 7.54. The van der Waals surface area contributed by atoms with Gasteiger partial charge in [0, 0.05) is 23.8 Å². The lowest BCUT2D eigenvalue weighted by Crippen LogP contribution is -2.59. The molecule has 3 fully saturated rings. The van der Waals surface area contributed by atoms with Gasteiger partial charge in [0.2, 0.25) is 33.6 Å². The maximum absolute atomic E-state index is 14.4. The summed E-state index contributed by atoms with van der Waals surface area (Å²) < 4.78 is 57.5. The predicted molar refractivity (Wildman–Crippen MR) is 190 cm³/mol. The molecule has 6 rings (SSSR count). The highest BCUT2D eigenvalue weighted by Gasteiger charge is 2.64. The number of hydrogen-bond acceptors (Lipinski definition) is 10. The molecule has 4 amide bonds. The van der Waals surface area contributed by atoms with Gasteiger partial charge in [0.1, 0.15) is 40.9 Å². The fourth-order valence-corrected chi connectivity index (χ4v) is 8.97. The van der Waals surface area contributed by atoms with Gasteiger partial charge in [0.05, 0.1) is 20.8 Å². The average Bonchev–Trinajstić information content (AvgIpc) is 4.02. The minimum atomic E-state index is -4.40. The Morgan fingerprint density at radius 3 is 2.55 bits per heavy atom. The Morgan fingerprint density at radius 1 is 1.13 bits per heavy atom. The number of halogens is 1. The van der Waals surface area contributed by atoms with Gasteiger partial charge in [-0.05, 0) is 73.9 Å². The number of nitrogens with zero attached hydrogens (tertiary/aromatic N) is 2. The number of aromatic nitrogens is 1. The molecular formula is C36H46FN5O10S. The maximum atomic E-state index is 14.4. The molecule has 1 saturated heterocycles. The lowest BCUT2D eigenvalue weighted by atomic mass is 9.88. The lowest BCUT2D eigenvalue weighted by molar-refractivity contribution is -0.142. The molecule has 0 bridgehead atoms. The van der Waals surface area contributed by atoms with E-state index in [1.807, 2.05) is 17.7 Å². The van der Waals surface area contributed by atoms with Crippen molar-refractivity contribution in [2.45, 2.75) is 87.3 Å². The third-order valence-electron chi connectivity index (χ3n) is 11.0. The van der Waals surface area contributed by atoms with E-state index in [1.165, 1.54) is 19.1 Å². The molecule has 4 aliphatic rings. The number of methoxy groups -OCH3 is 2. The van der Waals surface area contributed by atoms with Crippen molar-refractivity contribution < 1.29 is 51.3 Å². The Hall–Kier alpha value is -4.67. The van der Waals surface area contributed by atoms with E-state index in [9.17, 15) is 37.1 Å². The van der Waals surface area contributed by atoms with Crippen molar-refractivity contribution in [2.75, 3.05) is 27.4 Å². The molecular weight excluding hydrogens is 713 g/mol. The van der Waals surface area contributed by atoms with Gasteiger partial charge >= 0.3 is 6.09 Å². The minimum Gasteiger partial charge on any atom is -0.497 e. The molecule has 0 unspecified atom stereocenters. The normalized spacial score (nSPS) is 30.4. The Labute approximate surface area is 307 Å². The second kappa shape index (κ2) is 14.6. The summed E-state index contributed by atoms with van der Waals surface area (Å²) in [5, 5.41) is 16.2. The number of alkyl halides is 1. The Morgan fingerprint density at radius 2 is 1.89 bits per heavy atom. The summed E-state index contributed by atoms with van der Waals surface area (Å²) in [4.78, 5) is 60.3. The molecule has 0 spiro atoms. The zero-order valence-corrected chi connectivity index (χ0v) is 30.9. The second-order valence-corrected chi connectivity index (χ2v) is 16.9. The van der Waals surface area contributed by atoms with Crippen LogP contribution in [0.3, 0.4) is 0 Å². The van der Waals surface area contributed by atoms with Crippen molar-refractivity contribution in [1.29, 1.82) is 0 Å². The van der Waals surface area contributed by atoms with Crippen molar-refractivity contribution in [3.63, 3.8) is 0 Å². The van der Waals surface area contributed by atoms with Gasteiger partial charge in [-0.1, -0.05) is 26.0 Å². The first-order valence-electron chi connectivity index (χ1n) is 17.8. The van der Waals surface area contributed by atoms with Crippen LogP contribution in [-0.2, 0) is 24.4 Å². The number of carboxylic acid groups (broad SMARTS) is 1. The molecule has 17 heteroatoms. The van der Waals surface area contributed by atoms with Crippen molar-refractivity contribution in [3.05, 3.63) is 36.4 Å². The Balaban J connectivity index is 1.35. The highest BCUT2D eigenvalue weighted by Crippen LogP contribution is 2.48. The molecule has 1 aromatic carbocycles. The fraction of sp³-hybridized carbons (Fsp3) is 0.583. The molecule has 2 aromatic rings. The first kappa shape index (κ1) is 38.1. The summed E-state index contributed by atoms with van der Waals surface area (Å²) in [6.07, 6.45) is 3.36. The van der Waals surface area contributed by atoms with Crippen molar-refractivity contribution in [3.8, 4) is 17.5 Å². The number of sulfonamides is 1. The molecule has 2 saturated carbocycles. The number of benzene rings is 1. The van der Waals surface area contributed by atoms with E-state index in [2.05, 4.69) is 15.6 Å². The van der Waals surface area contributed by atoms with Crippen LogP contribution in [0.4, 0.5) is 9.18 Å². The number of nitrogens with one attached hydrogen (secondary N) is 3. The van der Waals surface area contributed by atoms with Crippen LogP contribution < -0.4 is 29.6 Å². The molecule has 0 radical (unpaired) electrons.